The first-order valence-electron chi connectivity index (χ1n) is 4.68. The minimum Gasteiger partial charge on any atom is -0.399 e. The molecule has 0 fully saturated rings. The zero-order valence-corrected chi connectivity index (χ0v) is 14.8. The lowest BCUT2D eigenvalue weighted by atomic mass is 10.1. The third-order valence-electron chi connectivity index (χ3n) is 2.28. The fourth-order valence-electron chi connectivity index (χ4n) is 1.50. The molecule has 0 amide bonds. The highest BCUT2D eigenvalue weighted by Gasteiger charge is 2.07. The van der Waals surface area contributed by atoms with Crippen molar-refractivity contribution in [3.63, 3.8) is 0 Å². The molecule has 2 aromatic rings. The van der Waals surface area contributed by atoms with Gasteiger partial charge in [0.2, 0.25) is 0 Å². The summed E-state index contributed by atoms with van der Waals surface area (Å²) >= 11 is 4.60. The fraction of sp³-hybridized carbons (Fsp3) is 0. The summed E-state index contributed by atoms with van der Waals surface area (Å²) < 4.78 is 2.31. The Morgan fingerprint density at radius 2 is 1.06 bits per heavy atom. The first kappa shape index (κ1) is 15.0. The molecule has 0 saturated heterocycles. The number of benzene rings is 2. The van der Waals surface area contributed by atoms with E-state index in [1.807, 2.05) is 36.4 Å². The number of halogens is 3. The Labute approximate surface area is 138 Å². The van der Waals surface area contributed by atoms with Crippen LogP contribution in [0, 0.1) is 7.14 Å². The van der Waals surface area contributed by atoms with Gasteiger partial charge in [0.1, 0.15) is 0 Å². The molecule has 0 heterocycles. The lowest BCUT2D eigenvalue weighted by molar-refractivity contribution is 1.55. The Morgan fingerprint density at radius 3 is 1.35 bits per heavy atom. The van der Waals surface area contributed by atoms with Crippen LogP contribution in [0.25, 0.3) is 11.1 Å². The van der Waals surface area contributed by atoms with Crippen LogP contribution >= 0.6 is 62.2 Å². The quantitative estimate of drug-likeness (QED) is 0.438. The SMILES string of the molecule is Br.Nc1ccc(-c2ccc(N)cc2I)c(I)c1. The number of nitrogen functional groups attached to an aromatic ring is 2. The van der Waals surface area contributed by atoms with Crippen molar-refractivity contribution in [2.75, 3.05) is 11.5 Å². The van der Waals surface area contributed by atoms with Gasteiger partial charge in [0.05, 0.1) is 0 Å². The van der Waals surface area contributed by atoms with Gasteiger partial charge in [0.25, 0.3) is 0 Å². The average Bonchev–Trinajstić information content (AvgIpc) is 2.19. The number of hydrogen-bond acceptors (Lipinski definition) is 2. The van der Waals surface area contributed by atoms with E-state index in [0.717, 1.165) is 18.5 Å². The summed E-state index contributed by atoms with van der Waals surface area (Å²) in [6, 6.07) is 11.9. The van der Waals surface area contributed by atoms with Crippen molar-refractivity contribution in [1.29, 1.82) is 0 Å². The lowest BCUT2D eigenvalue weighted by Crippen LogP contribution is -1.92. The monoisotopic (exact) mass is 516 g/mol. The summed E-state index contributed by atoms with van der Waals surface area (Å²) in [5.74, 6) is 0. The highest BCUT2D eigenvalue weighted by atomic mass is 127. The second-order valence-electron chi connectivity index (χ2n) is 3.48. The summed E-state index contributed by atoms with van der Waals surface area (Å²) in [6.07, 6.45) is 0. The molecule has 0 atom stereocenters. The molecule has 2 rings (SSSR count). The number of rotatable bonds is 1. The van der Waals surface area contributed by atoms with Gasteiger partial charge in [-0.3, -0.25) is 0 Å². The van der Waals surface area contributed by atoms with Crippen LogP contribution in [0.3, 0.4) is 0 Å². The maximum atomic E-state index is 5.74. The van der Waals surface area contributed by atoms with Crippen LogP contribution in [-0.4, -0.2) is 0 Å². The minimum atomic E-state index is 0. The van der Waals surface area contributed by atoms with Crippen molar-refractivity contribution in [1.82, 2.24) is 0 Å². The summed E-state index contributed by atoms with van der Waals surface area (Å²) in [7, 11) is 0. The van der Waals surface area contributed by atoms with Gasteiger partial charge in [0, 0.05) is 18.5 Å². The van der Waals surface area contributed by atoms with Crippen LogP contribution in [-0.2, 0) is 0 Å². The van der Waals surface area contributed by atoms with E-state index in [9.17, 15) is 0 Å². The van der Waals surface area contributed by atoms with Crippen molar-refractivity contribution < 1.29 is 0 Å². The predicted octanol–water partition coefficient (Wildman–Crippen LogP) is 4.31. The van der Waals surface area contributed by atoms with E-state index >= 15 is 0 Å². The van der Waals surface area contributed by atoms with Gasteiger partial charge < -0.3 is 11.5 Å². The van der Waals surface area contributed by atoms with E-state index in [-0.39, 0.29) is 17.0 Å². The number of nitrogens with two attached hydrogens (primary N) is 2. The van der Waals surface area contributed by atoms with Crippen LogP contribution in [0.2, 0.25) is 0 Å². The third kappa shape index (κ3) is 3.47. The van der Waals surface area contributed by atoms with E-state index < -0.39 is 0 Å². The predicted molar refractivity (Wildman–Crippen MR) is 96.5 cm³/mol. The molecule has 4 N–H and O–H groups in total. The Kier molecular flexibility index (Phi) is 5.52. The van der Waals surface area contributed by atoms with E-state index in [4.69, 9.17) is 11.5 Å². The molecule has 2 nitrogen and oxygen atoms in total. The normalized spacial score (nSPS) is 9.76. The van der Waals surface area contributed by atoms with E-state index in [1.54, 1.807) is 0 Å². The summed E-state index contributed by atoms with van der Waals surface area (Å²) in [4.78, 5) is 0. The maximum absolute atomic E-state index is 5.74. The third-order valence-corrected chi connectivity index (χ3v) is 4.06. The topological polar surface area (TPSA) is 52.0 Å². The molecule has 0 bridgehead atoms. The van der Waals surface area contributed by atoms with Crippen LogP contribution in [0.4, 0.5) is 11.4 Å². The molecule has 0 aliphatic carbocycles. The van der Waals surface area contributed by atoms with Gasteiger partial charge in [-0.2, -0.15) is 0 Å². The second kappa shape index (κ2) is 6.24. The number of hydrogen-bond donors (Lipinski definition) is 2. The van der Waals surface area contributed by atoms with Crippen molar-refractivity contribution >= 4 is 73.5 Å². The summed E-state index contributed by atoms with van der Waals surface area (Å²) in [5, 5.41) is 0. The van der Waals surface area contributed by atoms with Gasteiger partial charge in [-0.15, -0.1) is 17.0 Å². The van der Waals surface area contributed by atoms with Crippen LogP contribution in [0.1, 0.15) is 0 Å². The molecule has 17 heavy (non-hydrogen) atoms. The molecule has 2 aromatic carbocycles. The van der Waals surface area contributed by atoms with Gasteiger partial charge in [0.15, 0.2) is 0 Å². The Bertz CT molecular complexity index is 495. The molecular weight excluding hydrogens is 506 g/mol. The Balaban J connectivity index is 0.00000144. The molecule has 0 radical (unpaired) electrons. The highest BCUT2D eigenvalue weighted by Crippen LogP contribution is 2.31. The Hall–Kier alpha value is -0.0200. The van der Waals surface area contributed by atoms with Gasteiger partial charge in [-0.25, -0.2) is 0 Å². The van der Waals surface area contributed by atoms with Crippen molar-refractivity contribution in [2.24, 2.45) is 0 Å². The lowest BCUT2D eigenvalue weighted by Gasteiger charge is -2.08. The molecule has 0 saturated carbocycles. The summed E-state index contributed by atoms with van der Waals surface area (Å²) in [5.41, 5.74) is 15.5. The first-order valence-corrected chi connectivity index (χ1v) is 6.84. The average molecular weight is 517 g/mol. The maximum Gasteiger partial charge on any atom is 0.0325 e. The van der Waals surface area contributed by atoms with Crippen LogP contribution < -0.4 is 11.5 Å². The number of anilines is 2. The van der Waals surface area contributed by atoms with Crippen molar-refractivity contribution in [2.45, 2.75) is 0 Å². The molecule has 0 aliphatic rings. The Morgan fingerprint density at radius 1 is 0.706 bits per heavy atom. The standard InChI is InChI=1S/C12H10I2N2.BrH/c13-11-5-7(15)1-3-9(11)10-4-2-8(16)6-12(10)14;/h1-6H,15-16H2;1H. The molecule has 5 heteroatoms. The van der Waals surface area contributed by atoms with E-state index in [1.165, 1.54) is 11.1 Å². The van der Waals surface area contributed by atoms with E-state index in [2.05, 4.69) is 45.2 Å². The smallest absolute Gasteiger partial charge is 0.0325 e. The summed E-state index contributed by atoms with van der Waals surface area (Å²) in [6.45, 7) is 0. The van der Waals surface area contributed by atoms with Crippen molar-refractivity contribution in [3.8, 4) is 11.1 Å². The molecule has 0 spiro atoms. The fourth-order valence-corrected chi connectivity index (χ4v) is 3.16. The highest BCUT2D eigenvalue weighted by molar-refractivity contribution is 14.1. The molecule has 0 aromatic heterocycles. The van der Waals surface area contributed by atoms with Crippen molar-refractivity contribution in [3.05, 3.63) is 43.5 Å². The van der Waals surface area contributed by atoms with Crippen LogP contribution in [0.15, 0.2) is 36.4 Å². The molecule has 0 aliphatic heterocycles. The van der Waals surface area contributed by atoms with Crippen LogP contribution in [0.5, 0.6) is 0 Å². The zero-order chi connectivity index (χ0) is 11.7. The largest absolute Gasteiger partial charge is 0.399 e. The zero-order valence-electron chi connectivity index (χ0n) is 8.78. The first-order chi connectivity index (χ1) is 7.58. The second-order valence-corrected chi connectivity index (χ2v) is 5.80. The molecule has 90 valence electrons. The van der Waals surface area contributed by atoms with Gasteiger partial charge in [-0.1, -0.05) is 12.1 Å². The molecular formula is C12H11BrI2N2. The van der Waals surface area contributed by atoms with E-state index in [0.29, 0.717) is 0 Å². The van der Waals surface area contributed by atoms with Gasteiger partial charge >= 0.3 is 0 Å². The molecule has 0 unspecified atom stereocenters. The van der Waals surface area contributed by atoms with Gasteiger partial charge in [-0.05, 0) is 80.6 Å². The minimum absolute atomic E-state index is 0.